The fourth-order valence-electron chi connectivity index (χ4n) is 7.26. The number of ether oxygens (including phenoxy) is 2. The zero-order chi connectivity index (χ0) is 42.3. The Balaban J connectivity index is 0.00000112. The second-order valence-corrected chi connectivity index (χ2v) is 16.3. The van der Waals surface area contributed by atoms with Crippen LogP contribution in [0.2, 0.25) is 0 Å². The summed E-state index contributed by atoms with van der Waals surface area (Å²) in [6, 6.07) is 19.2. The van der Waals surface area contributed by atoms with Crippen molar-refractivity contribution >= 4 is 60.8 Å². The van der Waals surface area contributed by atoms with Crippen LogP contribution in [-0.2, 0) is 32.3 Å². The zero-order valence-corrected chi connectivity index (χ0v) is 41.8. The van der Waals surface area contributed by atoms with Gasteiger partial charge in [-0.15, -0.1) is 0 Å². The minimum atomic E-state index is -1.18. The predicted molar refractivity (Wildman–Crippen MR) is 238 cm³/mol. The van der Waals surface area contributed by atoms with Crippen molar-refractivity contribution < 1.29 is 39.5 Å². The van der Waals surface area contributed by atoms with Crippen molar-refractivity contribution in [3.63, 3.8) is 0 Å². The van der Waals surface area contributed by atoms with Crippen molar-refractivity contribution in [3.8, 4) is 0 Å². The molecule has 9 heteroatoms. The van der Waals surface area contributed by atoms with E-state index in [9.17, 15) is 30.0 Å². The van der Waals surface area contributed by atoms with Crippen molar-refractivity contribution in [2.45, 2.75) is 231 Å². The molecule has 0 saturated heterocycles. The fraction of sp³-hybridized carbons (Fsp3) is 0.720. The maximum atomic E-state index is 11.0. The van der Waals surface area contributed by atoms with Crippen molar-refractivity contribution in [3.05, 3.63) is 71.8 Å². The molecule has 0 fully saturated rings. The Morgan fingerprint density at radius 2 is 0.712 bits per heavy atom. The van der Waals surface area contributed by atoms with Gasteiger partial charge in [-0.25, -0.2) is 0 Å². The summed E-state index contributed by atoms with van der Waals surface area (Å²) in [6.07, 6.45) is 28.0. The molecule has 4 atom stereocenters. The summed E-state index contributed by atoms with van der Waals surface area (Å²) in [4.78, 5) is 22.0. The minimum Gasteiger partial charge on any atom is -0.550 e. The van der Waals surface area contributed by atoms with Crippen LogP contribution in [-0.4, -0.2) is 95.4 Å². The largest absolute Gasteiger partial charge is 2.00 e. The van der Waals surface area contributed by atoms with Gasteiger partial charge in [0.05, 0.1) is 37.6 Å². The number of carboxylic acid groups (broad SMARTS) is 2. The summed E-state index contributed by atoms with van der Waals surface area (Å²) < 4.78 is 11.4. The Hall–Kier alpha value is -1.21. The average Bonchev–Trinajstić information content (AvgIpc) is 3.22. The van der Waals surface area contributed by atoms with Crippen LogP contribution in [0.1, 0.15) is 205 Å². The third-order valence-electron chi connectivity index (χ3n) is 10.9. The molecule has 332 valence electrons. The number of benzene rings is 2. The summed E-state index contributed by atoms with van der Waals surface area (Å²) in [6.45, 7) is 5.10. The van der Waals surface area contributed by atoms with Crippen LogP contribution >= 0.6 is 0 Å². The second-order valence-electron chi connectivity index (χ2n) is 16.3. The number of aliphatic carboxylic acids is 2. The van der Waals surface area contributed by atoms with Crippen LogP contribution in [0.15, 0.2) is 60.7 Å². The molecule has 4 unspecified atom stereocenters. The monoisotopic (exact) mass is 949 g/mol. The number of rotatable bonds is 38. The molecule has 0 aromatic heterocycles. The smallest absolute Gasteiger partial charge is 0.550 e. The molecule has 2 rings (SSSR count). The number of aliphatic hydroxyl groups is 2. The number of carbonyl (C=O) groups is 2. The summed E-state index contributed by atoms with van der Waals surface area (Å²) in [5.74, 6) is -2.37. The Kier molecular flexibility index (Phi) is 41.2. The van der Waals surface area contributed by atoms with Gasteiger partial charge in [-0.2, -0.15) is 0 Å². The van der Waals surface area contributed by atoms with E-state index in [0.29, 0.717) is 26.1 Å². The Bertz CT molecular complexity index is 1110. The first kappa shape index (κ1) is 57.8. The molecule has 0 aliphatic carbocycles. The zero-order valence-electron chi connectivity index (χ0n) is 37.3. The molecule has 59 heavy (non-hydrogen) atoms. The van der Waals surface area contributed by atoms with Gasteiger partial charge in [-0.3, -0.25) is 0 Å². The van der Waals surface area contributed by atoms with Gasteiger partial charge in [-0.1, -0.05) is 229 Å². The van der Waals surface area contributed by atoms with Crippen LogP contribution in [0.4, 0.5) is 0 Å². The molecule has 2 aromatic rings. The van der Waals surface area contributed by atoms with Gasteiger partial charge in [0.2, 0.25) is 0 Å². The maximum Gasteiger partial charge on any atom is 2.00 e. The molecule has 2 aromatic carbocycles. The van der Waals surface area contributed by atoms with E-state index < -0.39 is 36.4 Å². The average molecular weight is 949 g/mol. The van der Waals surface area contributed by atoms with Gasteiger partial charge < -0.3 is 39.5 Å². The summed E-state index contributed by atoms with van der Waals surface area (Å²) in [5.41, 5.74) is 1.93. The first-order chi connectivity index (χ1) is 28.3. The maximum absolute atomic E-state index is 11.0. The first-order valence-electron chi connectivity index (χ1n) is 23.3. The van der Waals surface area contributed by atoms with E-state index in [0.717, 1.165) is 36.8 Å². The van der Waals surface area contributed by atoms with Crippen molar-refractivity contribution in [1.82, 2.24) is 0 Å². The number of hydrogen-bond acceptors (Lipinski definition) is 8. The molecule has 0 spiro atoms. The third kappa shape index (κ3) is 36.0. The second kappa shape index (κ2) is 42.1. The van der Waals surface area contributed by atoms with Crippen LogP contribution in [0.5, 0.6) is 0 Å². The van der Waals surface area contributed by atoms with E-state index in [2.05, 4.69) is 13.8 Å². The standard InChI is InChI=1S/2C25H42O4.Ba/c2*1-2-3-4-5-6-7-8-9-10-11-12-16-19-23(26)24(20-25(27)28)29-21-22-17-14-13-15-18-22;/h2*13-15,17-18,23-24,26H,2-12,16,19-21H2,1H3,(H,27,28);/q;;+2/p-2. The van der Waals surface area contributed by atoms with Crippen molar-refractivity contribution in [2.75, 3.05) is 0 Å². The molecular weight excluding hydrogens is 866 g/mol. The van der Waals surface area contributed by atoms with Crippen molar-refractivity contribution in [1.29, 1.82) is 0 Å². The van der Waals surface area contributed by atoms with Crippen molar-refractivity contribution in [2.24, 2.45) is 0 Å². The van der Waals surface area contributed by atoms with Gasteiger partial charge in [0, 0.05) is 24.8 Å². The Morgan fingerprint density at radius 1 is 0.458 bits per heavy atom. The number of hydrogen-bond donors (Lipinski definition) is 2. The van der Waals surface area contributed by atoms with Crippen LogP contribution in [0.25, 0.3) is 0 Å². The molecule has 0 aliphatic rings. The van der Waals surface area contributed by atoms with Gasteiger partial charge in [0.1, 0.15) is 0 Å². The quantitative estimate of drug-likeness (QED) is 0.0501. The molecular formula is C50H82BaO8. The van der Waals surface area contributed by atoms with Gasteiger partial charge in [0.25, 0.3) is 0 Å². The van der Waals surface area contributed by atoms with E-state index in [-0.39, 0.29) is 61.7 Å². The van der Waals surface area contributed by atoms with Crippen LogP contribution in [0.3, 0.4) is 0 Å². The number of carbonyl (C=O) groups excluding carboxylic acids is 2. The molecule has 0 saturated carbocycles. The van der Waals surface area contributed by atoms with Gasteiger partial charge >= 0.3 is 48.9 Å². The van der Waals surface area contributed by atoms with E-state index in [1.165, 1.54) is 128 Å². The van der Waals surface area contributed by atoms with E-state index >= 15 is 0 Å². The molecule has 0 bridgehead atoms. The van der Waals surface area contributed by atoms with Gasteiger partial charge in [-0.05, 0) is 24.0 Å². The van der Waals surface area contributed by atoms with E-state index in [4.69, 9.17) is 9.47 Å². The van der Waals surface area contributed by atoms with Crippen LogP contribution < -0.4 is 10.2 Å². The summed E-state index contributed by atoms with van der Waals surface area (Å²) >= 11 is 0. The van der Waals surface area contributed by atoms with E-state index in [1.807, 2.05) is 60.7 Å². The summed E-state index contributed by atoms with van der Waals surface area (Å²) in [5, 5.41) is 42.8. The number of carboxylic acids is 2. The number of aliphatic hydroxyl groups excluding tert-OH is 2. The summed E-state index contributed by atoms with van der Waals surface area (Å²) in [7, 11) is 0. The molecule has 0 radical (unpaired) electrons. The van der Waals surface area contributed by atoms with E-state index in [1.54, 1.807) is 0 Å². The third-order valence-corrected chi connectivity index (χ3v) is 10.9. The molecule has 0 amide bonds. The molecule has 0 heterocycles. The molecule has 8 nitrogen and oxygen atoms in total. The number of unbranched alkanes of at least 4 members (excludes halogenated alkanes) is 22. The predicted octanol–water partition coefficient (Wildman–Crippen LogP) is 9.95. The molecule has 0 aliphatic heterocycles. The molecule has 2 N–H and O–H groups in total. The normalized spacial score (nSPS) is 13.1. The Morgan fingerprint density at radius 3 is 0.966 bits per heavy atom. The fourth-order valence-corrected chi connectivity index (χ4v) is 7.26. The Labute approximate surface area is 400 Å². The SMILES string of the molecule is CCCCCCCCCCCCCCC(O)C(CC(=O)[O-])OCc1ccccc1.CCCCCCCCCCCCCCC(O)C(CC(=O)[O-])OCc1ccccc1.[Ba+2]. The first-order valence-corrected chi connectivity index (χ1v) is 23.3. The minimum absolute atomic E-state index is 0. The van der Waals surface area contributed by atoms with Gasteiger partial charge in [0.15, 0.2) is 0 Å². The van der Waals surface area contributed by atoms with Crippen LogP contribution in [0, 0.1) is 0 Å². The topological polar surface area (TPSA) is 139 Å².